The van der Waals surface area contributed by atoms with Gasteiger partial charge in [0.05, 0.1) is 5.37 Å². The molecular formula is C9H8F3NS. The van der Waals surface area contributed by atoms with Crippen LogP contribution in [0.25, 0.3) is 0 Å². The fourth-order valence-electron chi connectivity index (χ4n) is 1.36. The largest absolute Gasteiger partial charge is 0.301 e. The Bertz CT molecular complexity index is 350. The number of hydrogen-bond acceptors (Lipinski definition) is 2. The van der Waals surface area contributed by atoms with E-state index in [1.165, 1.54) is 11.8 Å². The van der Waals surface area contributed by atoms with Crippen LogP contribution in [0.15, 0.2) is 12.1 Å². The van der Waals surface area contributed by atoms with Gasteiger partial charge >= 0.3 is 0 Å². The summed E-state index contributed by atoms with van der Waals surface area (Å²) in [5.74, 6) is -2.00. The highest BCUT2D eigenvalue weighted by atomic mass is 32.2. The van der Waals surface area contributed by atoms with E-state index in [0.29, 0.717) is 6.07 Å². The third-order valence-corrected chi connectivity index (χ3v) is 3.23. The van der Waals surface area contributed by atoms with Crippen LogP contribution in [0.1, 0.15) is 10.9 Å². The van der Waals surface area contributed by atoms with Crippen LogP contribution in [0.4, 0.5) is 13.2 Å². The number of halogens is 3. The second kappa shape index (κ2) is 3.82. The maximum atomic E-state index is 13.2. The Morgan fingerprint density at radius 1 is 1.14 bits per heavy atom. The first-order valence-electron chi connectivity index (χ1n) is 4.18. The first kappa shape index (κ1) is 9.86. The van der Waals surface area contributed by atoms with Gasteiger partial charge in [-0.1, -0.05) is 0 Å². The van der Waals surface area contributed by atoms with Gasteiger partial charge in [-0.2, -0.15) is 0 Å². The van der Waals surface area contributed by atoms with Crippen molar-refractivity contribution < 1.29 is 13.2 Å². The van der Waals surface area contributed by atoms with E-state index in [1.807, 2.05) is 0 Å². The van der Waals surface area contributed by atoms with Crippen molar-refractivity contribution >= 4 is 11.8 Å². The molecule has 0 bridgehead atoms. The van der Waals surface area contributed by atoms with Crippen LogP contribution in [0.5, 0.6) is 0 Å². The summed E-state index contributed by atoms with van der Waals surface area (Å²) in [4.78, 5) is 0. The molecule has 0 aromatic heterocycles. The fourth-order valence-corrected chi connectivity index (χ4v) is 2.43. The van der Waals surface area contributed by atoms with E-state index >= 15 is 0 Å². The summed E-state index contributed by atoms with van der Waals surface area (Å²) in [6.45, 7) is 0.758. The van der Waals surface area contributed by atoms with Crippen molar-refractivity contribution in [2.24, 2.45) is 0 Å². The smallest absolute Gasteiger partial charge is 0.161 e. The van der Waals surface area contributed by atoms with Crippen LogP contribution in [-0.2, 0) is 0 Å². The Kier molecular flexibility index (Phi) is 2.69. The molecule has 1 aromatic rings. The molecule has 5 heteroatoms. The summed E-state index contributed by atoms with van der Waals surface area (Å²) in [5, 5.41) is 2.74. The van der Waals surface area contributed by atoms with E-state index in [0.717, 1.165) is 18.4 Å². The highest BCUT2D eigenvalue weighted by Crippen LogP contribution is 2.32. The van der Waals surface area contributed by atoms with Gasteiger partial charge in [0.25, 0.3) is 0 Å². The Hall–Kier alpha value is -0.680. The summed E-state index contributed by atoms with van der Waals surface area (Å²) in [5.41, 5.74) is 0.186. The molecule has 14 heavy (non-hydrogen) atoms. The SMILES string of the molecule is Fc1cc(F)c(C2NCCS2)cc1F. The maximum Gasteiger partial charge on any atom is 0.161 e. The molecule has 1 fully saturated rings. The molecule has 1 nitrogen and oxygen atoms in total. The van der Waals surface area contributed by atoms with Crippen LogP contribution in [0.2, 0.25) is 0 Å². The van der Waals surface area contributed by atoms with E-state index in [1.54, 1.807) is 0 Å². The maximum absolute atomic E-state index is 13.2. The van der Waals surface area contributed by atoms with Crippen molar-refractivity contribution in [3.63, 3.8) is 0 Å². The number of rotatable bonds is 1. The molecule has 0 amide bonds. The average Bonchev–Trinajstić information content (AvgIpc) is 2.64. The Morgan fingerprint density at radius 3 is 2.50 bits per heavy atom. The first-order chi connectivity index (χ1) is 6.68. The lowest BCUT2D eigenvalue weighted by Crippen LogP contribution is -2.14. The molecule has 1 aliphatic rings. The molecule has 1 unspecified atom stereocenters. The zero-order valence-corrected chi connectivity index (χ0v) is 8.00. The van der Waals surface area contributed by atoms with Crippen molar-refractivity contribution in [2.45, 2.75) is 5.37 Å². The monoisotopic (exact) mass is 219 g/mol. The van der Waals surface area contributed by atoms with E-state index in [2.05, 4.69) is 5.32 Å². The van der Waals surface area contributed by atoms with Gasteiger partial charge in [-0.05, 0) is 6.07 Å². The van der Waals surface area contributed by atoms with Crippen LogP contribution < -0.4 is 5.32 Å². The fraction of sp³-hybridized carbons (Fsp3) is 0.333. The zero-order valence-electron chi connectivity index (χ0n) is 7.19. The molecule has 1 heterocycles. The quantitative estimate of drug-likeness (QED) is 0.728. The number of thioether (sulfide) groups is 1. The Labute approximate surface area is 83.7 Å². The number of hydrogen-bond donors (Lipinski definition) is 1. The minimum atomic E-state index is -1.14. The van der Waals surface area contributed by atoms with Gasteiger partial charge in [0, 0.05) is 23.9 Å². The second-order valence-electron chi connectivity index (χ2n) is 2.99. The van der Waals surface area contributed by atoms with Crippen LogP contribution in [0.3, 0.4) is 0 Å². The van der Waals surface area contributed by atoms with Crippen molar-refractivity contribution in [1.29, 1.82) is 0 Å². The van der Waals surface area contributed by atoms with Gasteiger partial charge in [0.2, 0.25) is 0 Å². The number of nitrogens with one attached hydrogen (secondary N) is 1. The molecule has 1 aliphatic heterocycles. The van der Waals surface area contributed by atoms with Crippen molar-refractivity contribution in [1.82, 2.24) is 5.32 Å². The molecular weight excluding hydrogens is 211 g/mol. The third kappa shape index (κ3) is 1.74. The normalized spacial score (nSPS) is 21.5. The van der Waals surface area contributed by atoms with E-state index < -0.39 is 17.5 Å². The first-order valence-corrected chi connectivity index (χ1v) is 5.23. The summed E-state index contributed by atoms with van der Waals surface area (Å²) >= 11 is 1.48. The predicted octanol–water partition coefficient (Wildman–Crippen LogP) is 2.44. The van der Waals surface area contributed by atoms with E-state index in [9.17, 15) is 13.2 Å². The summed E-state index contributed by atoms with van der Waals surface area (Å²) in [6, 6.07) is 1.51. The van der Waals surface area contributed by atoms with Gasteiger partial charge in [0.15, 0.2) is 11.6 Å². The van der Waals surface area contributed by atoms with Crippen molar-refractivity contribution in [3.05, 3.63) is 35.1 Å². The molecule has 0 spiro atoms. The minimum absolute atomic E-state index is 0.186. The molecule has 1 N–H and O–H groups in total. The third-order valence-electron chi connectivity index (χ3n) is 2.04. The zero-order chi connectivity index (χ0) is 10.1. The van der Waals surface area contributed by atoms with E-state index in [-0.39, 0.29) is 10.9 Å². The molecule has 1 saturated heterocycles. The summed E-state index contributed by atoms with van der Waals surface area (Å²) < 4.78 is 38.7. The van der Waals surface area contributed by atoms with Gasteiger partial charge in [-0.3, -0.25) is 0 Å². The van der Waals surface area contributed by atoms with Gasteiger partial charge in [-0.15, -0.1) is 11.8 Å². The average molecular weight is 219 g/mol. The van der Waals surface area contributed by atoms with Gasteiger partial charge in [0.1, 0.15) is 5.82 Å². The molecule has 1 aromatic carbocycles. The highest BCUT2D eigenvalue weighted by molar-refractivity contribution is 7.99. The van der Waals surface area contributed by atoms with Crippen molar-refractivity contribution in [2.75, 3.05) is 12.3 Å². The molecule has 0 radical (unpaired) electrons. The Morgan fingerprint density at radius 2 is 1.86 bits per heavy atom. The topological polar surface area (TPSA) is 12.0 Å². The lowest BCUT2D eigenvalue weighted by Gasteiger charge is -2.10. The standard InChI is InChI=1S/C9H8F3NS/c10-6-4-8(12)7(11)3-5(6)9-13-1-2-14-9/h3-4,9,13H,1-2H2. The molecule has 0 saturated carbocycles. The highest BCUT2D eigenvalue weighted by Gasteiger charge is 2.22. The van der Waals surface area contributed by atoms with Crippen LogP contribution in [-0.4, -0.2) is 12.3 Å². The molecule has 0 aliphatic carbocycles. The van der Waals surface area contributed by atoms with Crippen molar-refractivity contribution in [3.8, 4) is 0 Å². The second-order valence-corrected chi connectivity index (χ2v) is 4.21. The molecule has 1 atom stereocenters. The predicted molar refractivity (Wildman–Crippen MR) is 49.5 cm³/mol. The lowest BCUT2D eigenvalue weighted by atomic mass is 10.2. The van der Waals surface area contributed by atoms with Crippen LogP contribution in [0, 0.1) is 17.5 Å². The number of benzene rings is 1. The molecule has 2 rings (SSSR count). The Balaban J connectivity index is 2.37. The van der Waals surface area contributed by atoms with Gasteiger partial charge < -0.3 is 5.32 Å². The summed E-state index contributed by atoms with van der Waals surface area (Å²) in [6.07, 6.45) is 0. The minimum Gasteiger partial charge on any atom is -0.301 e. The lowest BCUT2D eigenvalue weighted by molar-refractivity contribution is 0.487. The summed E-state index contributed by atoms with van der Waals surface area (Å²) in [7, 11) is 0. The van der Waals surface area contributed by atoms with E-state index in [4.69, 9.17) is 0 Å². The van der Waals surface area contributed by atoms with Gasteiger partial charge in [-0.25, -0.2) is 13.2 Å². The molecule has 76 valence electrons. The van der Waals surface area contributed by atoms with Crippen LogP contribution >= 0.6 is 11.8 Å².